The van der Waals surface area contributed by atoms with Crippen LogP contribution in [0.2, 0.25) is 0 Å². The molecule has 1 aliphatic carbocycles. The summed E-state index contributed by atoms with van der Waals surface area (Å²) in [6.45, 7) is -6.04. The fraction of sp³-hybridized carbons (Fsp3) is 0.214. The van der Waals surface area contributed by atoms with Crippen LogP contribution in [0.15, 0.2) is 73.1 Å². The molecule has 0 atom stereocenters. The highest BCUT2D eigenvalue weighted by Crippen LogP contribution is 2.49. The van der Waals surface area contributed by atoms with Gasteiger partial charge in [0.1, 0.15) is 7.05 Å². The largest absolute Gasteiger partial charge is 0.260 e. The van der Waals surface area contributed by atoms with Crippen LogP contribution < -0.4 is 4.57 Å². The van der Waals surface area contributed by atoms with Crippen LogP contribution >= 0.6 is 0 Å². The summed E-state index contributed by atoms with van der Waals surface area (Å²) < 4.78 is 74.9. The second-order valence-electron chi connectivity index (χ2n) is 7.85. The van der Waals surface area contributed by atoms with Crippen molar-refractivity contribution in [2.24, 2.45) is 7.05 Å². The lowest BCUT2D eigenvalue weighted by molar-refractivity contribution is -0.659. The first-order valence-electron chi connectivity index (χ1n) is 14.3. The van der Waals surface area contributed by atoms with Gasteiger partial charge in [-0.25, -0.2) is 4.57 Å². The van der Waals surface area contributed by atoms with Gasteiger partial charge in [0.05, 0.1) is 5.69 Å². The first-order chi connectivity index (χ1) is 18.1. The lowest BCUT2D eigenvalue weighted by Gasteiger charge is -2.21. The molecule has 0 unspecified atom stereocenters. The zero-order chi connectivity index (χ0) is 28.5. The van der Waals surface area contributed by atoms with Gasteiger partial charge >= 0.3 is 0 Å². The second-order valence-corrected chi connectivity index (χ2v) is 7.85. The lowest BCUT2D eigenvalue weighted by Crippen LogP contribution is -2.31. The molecule has 0 saturated heterocycles. The Kier molecular flexibility index (Phi) is 2.48. The minimum absolute atomic E-state index is 0.0526. The number of nitrogens with zero attached hydrogens (tertiary/aromatic N) is 2. The topological polar surface area (TPSA) is 16.8 Å². The van der Waals surface area contributed by atoms with E-state index in [4.69, 9.17) is 12.3 Å². The number of hydrogen-bond acceptors (Lipinski definition) is 1. The second kappa shape index (κ2) is 6.63. The van der Waals surface area contributed by atoms with Gasteiger partial charge in [-0.3, -0.25) is 4.98 Å². The van der Waals surface area contributed by atoms with E-state index >= 15 is 0 Å². The summed E-state index contributed by atoms with van der Waals surface area (Å²) in [5.41, 5.74) is 3.60. The maximum absolute atomic E-state index is 8.37. The van der Waals surface area contributed by atoms with Gasteiger partial charge in [-0.2, -0.15) is 0 Å². The maximum atomic E-state index is 8.37. The predicted molar refractivity (Wildman–Crippen MR) is 123 cm³/mol. The van der Waals surface area contributed by atoms with Crippen molar-refractivity contribution in [3.05, 3.63) is 95.4 Å². The molecule has 30 heavy (non-hydrogen) atoms. The zero-order valence-electron chi connectivity index (χ0n) is 25.8. The summed E-state index contributed by atoms with van der Waals surface area (Å²) in [6.07, 6.45) is 3.38. The molecule has 2 heterocycles. The standard InChI is InChI=1S/C28H27N2/c1-18-8-10-20(11-9-18)21-12-13-26(30(5)17-21)23-16-24-22-7-6-14-29-27(22)28(3,4)25(24)15-19(23)2/h6-17H,1-5H3/q+1/i1D3,3D3,4D3. The van der Waals surface area contributed by atoms with Crippen LogP contribution in [0.25, 0.3) is 33.5 Å². The smallest absolute Gasteiger partial charge is 0.212 e. The quantitative estimate of drug-likeness (QED) is 0.368. The van der Waals surface area contributed by atoms with Gasteiger partial charge in [-0.1, -0.05) is 55.7 Å². The fourth-order valence-electron chi connectivity index (χ4n) is 4.29. The molecule has 0 radical (unpaired) electrons. The molecule has 2 heteroatoms. The molecular weight excluding hydrogens is 364 g/mol. The molecule has 0 bridgehead atoms. The van der Waals surface area contributed by atoms with Crippen LogP contribution in [-0.4, -0.2) is 4.98 Å². The molecule has 148 valence electrons. The van der Waals surface area contributed by atoms with Crippen molar-refractivity contribution in [1.29, 1.82) is 0 Å². The molecule has 0 amide bonds. The minimum Gasteiger partial charge on any atom is -0.260 e. The van der Waals surface area contributed by atoms with Gasteiger partial charge in [0.2, 0.25) is 5.69 Å². The zero-order valence-corrected chi connectivity index (χ0v) is 16.8. The van der Waals surface area contributed by atoms with E-state index < -0.39 is 26.0 Å². The monoisotopic (exact) mass is 400 g/mol. The molecule has 1 aliphatic rings. The van der Waals surface area contributed by atoms with Crippen molar-refractivity contribution in [3.63, 3.8) is 0 Å². The highest BCUT2D eigenvalue weighted by Gasteiger charge is 2.37. The van der Waals surface area contributed by atoms with E-state index in [1.165, 1.54) is 6.20 Å². The van der Waals surface area contributed by atoms with E-state index in [1.807, 2.05) is 42.9 Å². The molecule has 0 saturated carbocycles. The van der Waals surface area contributed by atoms with Crippen LogP contribution in [0.3, 0.4) is 0 Å². The molecule has 0 N–H and O–H groups in total. The van der Waals surface area contributed by atoms with Crippen molar-refractivity contribution >= 4 is 0 Å². The molecule has 2 aromatic heterocycles. The van der Waals surface area contributed by atoms with Crippen LogP contribution in [0.1, 0.15) is 48.4 Å². The van der Waals surface area contributed by atoms with E-state index in [9.17, 15) is 0 Å². The first-order valence-corrected chi connectivity index (χ1v) is 9.79. The van der Waals surface area contributed by atoms with Crippen molar-refractivity contribution in [2.45, 2.75) is 32.9 Å². The predicted octanol–water partition coefficient (Wildman–Crippen LogP) is 6.16. The molecule has 0 spiro atoms. The summed E-state index contributed by atoms with van der Waals surface area (Å²) >= 11 is 0. The van der Waals surface area contributed by atoms with E-state index in [-0.39, 0.29) is 16.8 Å². The summed E-state index contributed by atoms with van der Waals surface area (Å²) in [5, 5.41) is 0. The molecule has 2 aromatic carbocycles. The van der Waals surface area contributed by atoms with Crippen molar-refractivity contribution in [3.8, 4) is 33.5 Å². The summed E-state index contributed by atoms with van der Waals surface area (Å²) in [5.74, 6) is 0. The van der Waals surface area contributed by atoms with Gasteiger partial charge < -0.3 is 0 Å². The van der Waals surface area contributed by atoms with Gasteiger partial charge in [0.25, 0.3) is 0 Å². The molecule has 5 rings (SSSR count). The molecule has 4 aromatic rings. The summed E-state index contributed by atoms with van der Waals surface area (Å²) in [4.78, 5) is 4.32. The average Bonchev–Trinajstić information content (AvgIpc) is 3.13. The molecular formula is C28H27N2+. The average molecular weight is 401 g/mol. The van der Waals surface area contributed by atoms with Gasteiger partial charge in [0, 0.05) is 46.7 Å². The molecule has 0 aliphatic heterocycles. The Morgan fingerprint density at radius 1 is 0.900 bits per heavy atom. The number of aryl methyl sites for hydroxylation is 3. The highest BCUT2D eigenvalue weighted by atomic mass is 14.9. The fourth-order valence-corrected chi connectivity index (χ4v) is 4.29. The van der Waals surface area contributed by atoms with E-state index in [2.05, 4.69) is 4.98 Å². The lowest BCUT2D eigenvalue weighted by atomic mass is 9.83. The van der Waals surface area contributed by atoms with Crippen LogP contribution in [0.5, 0.6) is 0 Å². The van der Waals surface area contributed by atoms with Crippen molar-refractivity contribution in [1.82, 2.24) is 4.98 Å². The molecule has 0 fully saturated rings. The minimum atomic E-state index is -2.86. The Hall–Kier alpha value is -3.26. The highest BCUT2D eigenvalue weighted by molar-refractivity contribution is 5.83. The van der Waals surface area contributed by atoms with Crippen LogP contribution in [-0.2, 0) is 12.5 Å². The maximum Gasteiger partial charge on any atom is 0.212 e. The van der Waals surface area contributed by atoms with Gasteiger partial charge in [-0.15, -0.1) is 0 Å². The van der Waals surface area contributed by atoms with Gasteiger partial charge in [0.15, 0.2) is 6.20 Å². The van der Waals surface area contributed by atoms with Gasteiger partial charge in [-0.05, 0) is 54.2 Å². The van der Waals surface area contributed by atoms with Crippen LogP contribution in [0.4, 0.5) is 0 Å². The van der Waals surface area contributed by atoms with E-state index in [0.717, 1.165) is 27.9 Å². The van der Waals surface area contributed by atoms with E-state index in [1.54, 1.807) is 42.5 Å². The normalized spacial score (nSPS) is 19.5. The van der Waals surface area contributed by atoms with Crippen LogP contribution in [0, 0.1) is 13.8 Å². The Labute approximate surface area is 191 Å². The molecule has 2 nitrogen and oxygen atoms in total. The summed E-state index contributed by atoms with van der Waals surface area (Å²) in [7, 11) is 1.90. The number of hydrogen-bond donors (Lipinski definition) is 0. The number of rotatable bonds is 2. The Morgan fingerprint density at radius 3 is 2.43 bits per heavy atom. The number of fused-ring (bicyclic) bond motifs is 3. The Morgan fingerprint density at radius 2 is 1.70 bits per heavy atom. The Balaban J connectivity index is 1.66. The van der Waals surface area contributed by atoms with Crippen molar-refractivity contribution < 1.29 is 16.9 Å². The third kappa shape index (κ3) is 2.79. The Bertz CT molecular complexity index is 1570. The third-order valence-corrected chi connectivity index (χ3v) is 5.85. The SMILES string of the molecule is [2H]C([2H])([2H])c1ccc(-c2ccc(-c3cc4c(cc3C)C(C([2H])([2H])[2H])(C([2H])([2H])[2H])c3ncccc3-4)[n+](C)c2)cc1. The van der Waals surface area contributed by atoms with Crippen molar-refractivity contribution in [2.75, 3.05) is 0 Å². The summed E-state index contributed by atoms with van der Waals surface area (Å²) in [6, 6.07) is 17.6. The number of aromatic nitrogens is 2. The number of benzene rings is 2. The van der Waals surface area contributed by atoms with E-state index in [0.29, 0.717) is 11.1 Å². The third-order valence-electron chi connectivity index (χ3n) is 5.85. The number of pyridine rings is 2. The first kappa shape index (κ1) is 11.2.